The van der Waals surface area contributed by atoms with Crippen LogP contribution in [0.3, 0.4) is 0 Å². The second-order valence-corrected chi connectivity index (χ2v) is 3.48. The number of ether oxygens (including phenoxy) is 1. The molecule has 1 aromatic carbocycles. The van der Waals surface area contributed by atoms with Crippen LogP contribution in [-0.4, -0.2) is 25.5 Å². The molecule has 1 rings (SSSR count). The van der Waals surface area contributed by atoms with E-state index in [0.29, 0.717) is 5.57 Å². The fourth-order valence-electron chi connectivity index (χ4n) is 1.28. The molecule has 0 spiro atoms. The van der Waals surface area contributed by atoms with Gasteiger partial charge in [0.05, 0.1) is 12.7 Å². The van der Waals surface area contributed by atoms with E-state index in [9.17, 15) is 9.59 Å². The van der Waals surface area contributed by atoms with Crippen molar-refractivity contribution >= 4 is 18.0 Å². The maximum absolute atomic E-state index is 11.5. The zero-order valence-corrected chi connectivity index (χ0v) is 9.90. The van der Waals surface area contributed by atoms with Gasteiger partial charge in [0.2, 0.25) is 5.91 Å². The van der Waals surface area contributed by atoms with Crippen molar-refractivity contribution in [3.8, 4) is 0 Å². The van der Waals surface area contributed by atoms with Crippen molar-refractivity contribution in [1.29, 1.82) is 0 Å². The SMILES string of the molecule is COC(=O)C(=Cc1ccccc1)CNC(C)=O. The van der Waals surface area contributed by atoms with Gasteiger partial charge in [-0.15, -0.1) is 0 Å². The summed E-state index contributed by atoms with van der Waals surface area (Å²) in [6.07, 6.45) is 1.70. The quantitative estimate of drug-likeness (QED) is 0.631. The Kier molecular flexibility index (Phi) is 4.94. The minimum atomic E-state index is -0.442. The molecule has 0 unspecified atom stereocenters. The highest BCUT2D eigenvalue weighted by Gasteiger charge is 2.09. The molecule has 1 aromatic rings. The lowest BCUT2D eigenvalue weighted by atomic mass is 10.1. The second kappa shape index (κ2) is 6.48. The molecule has 0 aliphatic rings. The Bertz CT molecular complexity index is 424. The van der Waals surface area contributed by atoms with Gasteiger partial charge < -0.3 is 10.1 Å². The molecule has 1 N–H and O–H groups in total. The molecule has 0 aliphatic heterocycles. The van der Waals surface area contributed by atoms with E-state index in [1.807, 2.05) is 30.3 Å². The van der Waals surface area contributed by atoms with E-state index in [2.05, 4.69) is 10.1 Å². The molecule has 0 fully saturated rings. The summed E-state index contributed by atoms with van der Waals surface area (Å²) >= 11 is 0. The number of methoxy groups -OCH3 is 1. The Morgan fingerprint density at radius 2 is 1.94 bits per heavy atom. The van der Waals surface area contributed by atoms with Crippen LogP contribution in [0, 0.1) is 0 Å². The molecular weight excluding hydrogens is 218 g/mol. The number of nitrogens with one attached hydrogen (secondary N) is 1. The van der Waals surface area contributed by atoms with Crippen LogP contribution in [0.2, 0.25) is 0 Å². The molecule has 0 radical (unpaired) electrons. The van der Waals surface area contributed by atoms with Crippen molar-refractivity contribution in [2.24, 2.45) is 0 Å². The maximum Gasteiger partial charge on any atom is 0.335 e. The van der Waals surface area contributed by atoms with Crippen LogP contribution >= 0.6 is 0 Å². The number of benzene rings is 1. The highest BCUT2D eigenvalue weighted by atomic mass is 16.5. The predicted molar refractivity (Wildman–Crippen MR) is 65.1 cm³/mol. The molecule has 0 aromatic heterocycles. The molecule has 0 atom stereocenters. The van der Waals surface area contributed by atoms with Gasteiger partial charge in [0.1, 0.15) is 0 Å². The third kappa shape index (κ3) is 4.51. The summed E-state index contributed by atoms with van der Waals surface area (Å²) in [4.78, 5) is 22.3. The first-order valence-corrected chi connectivity index (χ1v) is 5.22. The molecule has 4 heteroatoms. The van der Waals surface area contributed by atoms with Crippen molar-refractivity contribution in [3.05, 3.63) is 41.5 Å². The van der Waals surface area contributed by atoms with Gasteiger partial charge >= 0.3 is 5.97 Å². The molecule has 90 valence electrons. The van der Waals surface area contributed by atoms with Crippen molar-refractivity contribution in [1.82, 2.24) is 5.32 Å². The Balaban J connectivity index is 2.86. The van der Waals surface area contributed by atoms with Crippen LogP contribution in [0.25, 0.3) is 6.08 Å². The second-order valence-electron chi connectivity index (χ2n) is 3.48. The average Bonchev–Trinajstić information content (AvgIpc) is 2.34. The van der Waals surface area contributed by atoms with E-state index < -0.39 is 5.97 Å². The van der Waals surface area contributed by atoms with E-state index in [-0.39, 0.29) is 12.5 Å². The first kappa shape index (κ1) is 13.0. The normalized spacial score (nSPS) is 10.8. The van der Waals surface area contributed by atoms with Gasteiger partial charge in [0.25, 0.3) is 0 Å². The fourth-order valence-corrected chi connectivity index (χ4v) is 1.28. The monoisotopic (exact) mass is 233 g/mol. The van der Waals surface area contributed by atoms with Crippen molar-refractivity contribution in [2.45, 2.75) is 6.92 Å². The van der Waals surface area contributed by atoms with Crippen LogP contribution in [-0.2, 0) is 14.3 Å². The average molecular weight is 233 g/mol. The Morgan fingerprint density at radius 1 is 1.29 bits per heavy atom. The zero-order chi connectivity index (χ0) is 12.7. The lowest BCUT2D eigenvalue weighted by Crippen LogP contribution is -2.25. The highest BCUT2D eigenvalue weighted by Crippen LogP contribution is 2.07. The number of rotatable bonds is 4. The van der Waals surface area contributed by atoms with E-state index in [4.69, 9.17) is 0 Å². The lowest BCUT2D eigenvalue weighted by Gasteiger charge is -2.06. The third-order valence-corrected chi connectivity index (χ3v) is 2.12. The lowest BCUT2D eigenvalue weighted by molar-refractivity contribution is -0.136. The topological polar surface area (TPSA) is 55.4 Å². The molecule has 0 saturated heterocycles. The van der Waals surface area contributed by atoms with Crippen LogP contribution in [0.5, 0.6) is 0 Å². The minimum absolute atomic E-state index is 0.164. The van der Waals surface area contributed by atoms with Crippen LogP contribution < -0.4 is 5.32 Å². The van der Waals surface area contributed by atoms with Crippen LogP contribution in [0.4, 0.5) is 0 Å². The van der Waals surface area contributed by atoms with Gasteiger partial charge in [0.15, 0.2) is 0 Å². The summed E-state index contributed by atoms with van der Waals surface area (Å²) in [6, 6.07) is 9.38. The first-order chi connectivity index (χ1) is 8.13. The van der Waals surface area contributed by atoms with Gasteiger partial charge in [0, 0.05) is 13.5 Å². The molecule has 4 nitrogen and oxygen atoms in total. The van der Waals surface area contributed by atoms with E-state index in [1.54, 1.807) is 6.08 Å². The summed E-state index contributed by atoms with van der Waals surface area (Å²) < 4.78 is 4.66. The summed E-state index contributed by atoms with van der Waals surface area (Å²) in [7, 11) is 1.31. The van der Waals surface area contributed by atoms with Crippen LogP contribution in [0.1, 0.15) is 12.5 Å². The largest absolute Gasteiger partial charge is 0.466 e. The molecule has 0 aliphatic carbocycles. The van der Waals surface area contributed by atoms with Gasteiger partial charge in [-0.1, -0.05) is 30.3 Å². The number of hydrogen-bond donors (Lipinski definition) is 1. The Morgan fingerprint density at radius 3 is 2.47 bits per heavy atom. The number of hydrogen-bond acceptors (Lipinski definition) is 3. The fraction of sp³-hybridized carbons (Fsp3) is 0.231. The number of amides is 1. The minimum Gasteiger partial charge on any atom is -0.466 e. The molecule has 0 bridgehead atoms. The van der Waals surface area contributed by atoms with Gasteiger partial charge in [-0.2, -0.15) is 0 Å². The molecular formula is C13H15NO3. The molecule has 1 amide bonds. The van der Waals surface area contributed by atoms with Crippen LogP contribution in [0.15, 0.2) is 35.9 Å². The van der Waals surface area contributed by atoms with E-state index >= 15 is 0 Å². The van der Waals surface area contributed by atoms with Gasteiger partial charge in [-0.25, -0.2) is 4.79 Å². The molecule has 0 saturated carbocycles. The van der Waals surface area contributed by atoms with E-state index in [0.717, 1.165) is 5.56 Å². The van der Waals surface area contributed by atoms with Crippen molar-refractivity contribution < 1.29 is 14.3 Å². The number of carbonyl (C=O) groups excluding carboxylic acids is 2. The summed E-state index contributed by atoms with van der Waals surface area (Å²) in [5.41, 5.74) is 1.30. The van der Waals surface area contributed by atoms with Gasteiger partial charge in [-0.3, -0.25) is 4.79 Å². The predicted octanol–water partition coefficient (Wildman–Crippen LogP) is 1.38. The van der Waals surface area contributed by atoms with E-state index in [1.165, 1.54) is 14.0 Å². The summed E-state index contributed by atoms with van der Waals surface area (Å²) in [5.74, 6) is -0.629. The maximum atomic E-state index is 11.5. The first-order valence-electron chi connectivity index (χ1n) is 5.22. The Hall–Kier alpha value is -2.10. The molecule has 0 heterocycles. The smallest absolute Gasteiger partial charge is 0.335 e. The standard InChI is InChI=1S/C13H15NO3/c1-10(15)14-9-12(13(16)17-2)8-11-6-4-3-5-7-11/h3-8H,9H2,1-2H3,(H,14,15). The zero-order valence-electron chi connectivity index (χ0n) is 9.90. The summed E-state index contributed by atoms with van der Waals surface area (Å²) in [6.45, 7) is 1.56. The molecule has 17 heavy (non-hydrogen) atoms. The van der Waals surface area contributed by atoms with Crippen molar-refractivity contribution in [2.75, 3.05) is 13.7 Å². The van der Waals surface area contributed by atoms with Gasteiger partial charge in [-0.05, 0) is 11.6 Å². The summed E-state index contributed by atoms with van der Waals surface area (Å²) in [5, 5.41) is 2.57. The third-order valence-electron chi connectivity index (χ3n) is 2.12. The Labute approximate surface area is 100 Å². The van der Waals surface area contributed by atoms with Crippen molar-refractivity contribution in [3.63, 3.8) is 0 Å². The number of esters is 1. The number of carbonyl (C=O) groups is 2. The highest BCUT2D eigenvalue weighted by molar-refractivity contribution is 5.94.